The van der Waals surface area contributed by atoms with Crippen molar-refractivity contribution in [2.75, 3.05) is 4.90 Å². The van der Waals surface area contributed by atoms with Crippen LogP contribution in [0.2, 0.25) is 0 Å². The number of benzene rings is 2. The summed E-state index contributed by atoms with van der Waals surface area (Å²) in [6.07, 6.45) is -1.86. The number of halogens is 6. The molecule has 0 radical (unpaired) electrons. The first kappa shape index (κ1) is 17.2. The number of hydrogen-bond donors (Lipinski definition) is 1. The van der Waals surface area contributed by atoms with Gasteiger partial charge in [0, 0.05) is 4.47 Å². The molecule has 0 aliphatic heterocycles. The zero-order chi connectivity index (χ0) is 17.3. The Morgan fingerprint density at radius 2 is 1.35 bits per heavy atom. The standard InChI is InChI=1S/C14H7BrF5NO2/c15-7-3-1-6(2-4-7)5-21(14(22)23)13-11(19)9(17)8(16)10(18)12(13)20/h1-4H,5H2,(H,22,23). The highest BCUT2D eigenvalue weighted by Crippen LogP contribution is 2.31. The van der Waals surface area contributed by atoms with Crippen LogP contribution in [0.5, 0.6) is 0 Å². The fraction of sp³-hybridized carbons (Fsp3) is 0.0714. The topological polar surface area (TPSA) is 40.5 Å². The van der Waals surface area contributed by atoms with Gasteiger partial charge in [-0.2, -0.15) is 0 Å². The third-order valence-electron chi connectivity index (χ3n) is 2.94. The Morgan fingerprint density at radius 3 is 1.78 bits per heavy atom. The van der Waals surface area contributed by atoms with Gasteiger partial charge in [0.2, 0.25) is 5.82 Å². The average Bonchev–Trinajstić information content (AvgIpc) is 2.52. The molecule has 3 nitrogen and oxygen atoms in total. The largest absolute Gasteiger partial charge is 0.465 e. The van der Waals surface area contributed by atoms with Gasteiger partial charge in [-0.25, -0.2) is 26.7 Å². The fourth-order valence-electron chi connectivity index (χ4n) is 1.85. The van der Waals surface area contributed by atoms with E-state index in [-0.39, 0.29) is 4.90 Å². The van der Waals surface area contributed by atoms with Crippen LogP contribution in [-0.2, 0) is 6.54 Å². The first-order valence-electron chi connectivity index (χ1n) is 6.00. The van der Waals surface area contributed by atoms with E-state index in [4.69, 9.17) is 5.11 Å². The molecule has 0 aromatic heterocycles. The number of amides is 1. The Morgan fingerprint density at radius 1 is 0.913 bits per heavy atom. The molecule has 0 unspecified atom stereocenters. The number of carboxylic acid groups (broad SMARTS) is 1. The molecule has 0 saturated carbocycles. The number of hydrogen-bond acceptors (Lipinski definition) is 1. The van der Waals surface area contributed by atoms with Crippen LogP contribution in [0.1, 0.15) is 5.56 Å². The molecule has 0 spiro atoms. The maximum absolute atomic E-state index is 13.7. The zero-order valence-corrected chi connectivity index (χ0v) is 12.7. The minimum atomic E-state index is -2.35. The van der Waals surface area contributed by atoms with Crippen LogP contribution in [0.3, 0.4) is 0 Å². The highest BCUT2D eigenvalue weighted by Gasteiger charge is 2.31. The first-order valence-corrected chi connectivity index (χ1v) is 6.79. The van der Waals surface area contributed by atoms with Gasteiger partial charge in [0.25, 0.3) is 0 Å². The molecule has 2 aromatic rings. The average molecular weight is 396 g/mol. The van der Waals surface area contributed by atoms with Crippen LogP contribution >= 0.6 is 15.9 Å². The molecular formula is C14H7BrF5NO2. The van der Waals surface area contributed by atoms with E-state index in [1.807, 2.05) is 0 Å². The highest BCUT2D eigenvalue weighted by atomic mass is 79.9. The van der Waals surface area contributed by atoms with Crippen LogP contribution in [0.4, 0.5) is 32.4 Å². The van der Waals surface area contributed by atoms with Crippen molar-refractivity contribution >= 4 is 27.7 Å². The number of nitrogens with zero attached hydrogens (tertiary/aromatic N) is 1. The van der Waals surface area contributed by atoms with Crippen molar-refractivity contribution < 1.29 is 31.9 Å². The lowest BCUT2D eigenvalue weighted by Gasteiger charge is -2.21. The lowest BCUT2D eigenvalue weighted by atomic mass is 10.2. The second-order valence-electron chi connectivity index (χ2n) is 4.41. The van der Waals surface area contributed by atoms with E-state index in [0.717, 1.165) is 0 Å². The van der Waals surface area contributed by atoms with Gasteiger partial charge in [-0.3, -0.25) is 4.90 Å². The summed E-state index contributed by atoms with van der Waals surface area (Å²) in [6.45, 7) is -0.596. The Kier molecular flexibility index (Phi) is 4.88. The maximum atomic E-state index is 13.7. The van der Waals surface area contributed by atoms with E-state index < -0.39 is 47.4 Å². The molecule has 1 amide bonds. The smallest absolute Gasteiger partial charge is 0.412 e. The Balaban J connectivity index is 2.55. The van der Waals surface area contributed by atoms with Crippen molar-refractivity contribution in [3.8, 4) is 0 Å². The summed E-state index contributed by atoms with van der Waals surface area (Å²) < 4.78 is 67.7. The van der Waals surface area contributed by atoms with Gasteiger partial charge in [0.15, 0.2) is 23.3 Å². The highest BCUT2D eigenvalue weighted by molar-refractivity contribution is 9.10. The number of carbonyl (C=O) groups is 1. The van der Waals surface area contributed by atoms with Gasteiger partial charge in [-0.1, -0.05) is 28.1 Å². The monoisotopic (exact) mass is 395 g/mol. The van der Waals surface area contributed by atoms with Crippen molar-refractivity contribution in [2.45, 2.75) is 6.54 Å². The summed E-state index contributed by atoms with van der Waals surface area (Å²) in [6, 6.07) is 5.94. The van der Waals surface area contributed by atoms with Crippen LogP contribution in [-0.4, -0.2) is 11.2 Å². The van der Waals surface area contributed by atoms with Gasteiger partial charge >= 0.3 is 6.09 Å². The molecule has 0 aliphatic rings. The molecule has 0 bridgehead atoms. The van der Waals surface area contributed by atoms with Gasteiger partial charge in [-0.15, -0.1) is 0 Å². The van der Waals surface area contributed by atoms with Crippen molar-refractivity contribution in [3.63, 3.8) is 0 Å². The Labute approximate surface area is 135 Å². The quantitative estimate of drug-likeness (QED) is 0.459. The second kappa shape index (κ2) is 6.53. The predicted octanol–water partition coefficient (Wildman–Crippen LogP) is 4.83. The number of anilines is 1. The molecule has 0 fully saturated rings. The van der Waals surface area contributed by atoms with Gasteiger partial charge in [-0.05, 0) is 17.7 Å². The third kappa shape index (κ3) is 3.29. The van der Waals surface area contributed by atoms with E-state index in [0.29, 0.717) is 10.0 Å². The van der Waals surface area contributed by atoms with Crippen molar-refractivity contribution in [2.24, 2.45) is 0 Å². The van der Waals surface area contributed by atoms with Crippen molar-refractivity contribution in [3.05, 3.63) is 63.4 Å². The van der Waals surface area contributed by atoms with E-state index in [2.05, 4.69) is 15.9 Å². The molecule has 2 rings (SSSR count). The summed E-state index contributed by atoms with van der Waals surface area (Å²) in [5.41, 5.74) is -1.23. The van der Waals surface area contributed by atoms with E-state index in [1.165, 1.54) is 24.3 Å². The minimum Gasteiger partial charge on any atom is -0.465 e. The first-order chi connectivity index (χ1) is 10.7. The predicted molar refractivity (Wildman–Crippen MR) is 74.6 cm³/mol. The third-order valence-corrected chi connectivity index (χ3v) is 3.47. The lowest BCUT2D eigenvalue weighted by Crippen LogP contribution is -2.31. The molecule has 0 atom stereocenters. The summed E-state index contributed by atoms with van der Waals surface area (Å²) >= 11 is 3.15. The van der Waals surface area contributed by atoms with E-state index >= 15 is 0 Å². The van der Waals surface area contributed by atoms with Crippen LogP contribution in [0.25, 0.3) is 0 Å². The Hall–Kier alpha value is -2.16. The summed E-state index contributed by atoms with van der Waals surface area (Å²) in [4.78, 5) is 11.3. The zero-order valence-electron chi connectivity index (χ0n) is 11.1. The summed E-state index contributed by atoms with van der Waals surface area (Å²) in [5, 5.41) is 9.09. The summed E-state index contributed by atoms with van der Waals surface area (Å²) in [5.74, 6) is -11.2. The second-order valence-corrected chi connectivity index (χ2v) is 5.33. The van der Waals surface area contributed by atoms with Gasteiger partial charge < -0.3 is 5.11 Å². The van der Waals surface area contributed by atoms with E-state index in [1.54, 1.807) is 0 Å². The van der Waals surface area contributed by atoms with Crippen molar-refractivity contribution in [1.82, 2.24) is 0 Å². The maximum Gasteiger partial charge on any atom is 0.412 e. The number of rotatable bonds is 3. The molecular weight excluding hydrogens is 389 g/mol. The summed E-state index contributed by atoms with van der Waals surface area (Å²) in [7, 11) is 0. The van der Waals surface area contributed by atoms with Crippen LogP contribution in [0, 0.1) is 29.1 Å². The van der Waals surface area contributed by atoms with Crippen LogP contribution < -0.4 is 4.90 Å². The molecule has 9 heteroatoms. The van der Waals surface area contributed by atoms with E-state index in [9.17, 15) is 26.7 Å². The molecule has 2 aromatic carbocycles. The molecule has 1 N–H and O–H groups in total. The minimum absolute atomic E-state index is 0.0551. The Bertz CT molecular complexity index is 738. The van der Waals surface area contributed by atoms with Gasteiger partial charge in [0.05, 0.1) is 6.54 Å². The molecule has 23 heavy (non-hydrogen) atoms. The molecule has 122 valence electrons. The molecule has 0 heterocycles. The van der Waals surface area contributed by atoms with Gasteiger partial charge in [0.1, 0.15) is 5.69 Å². The lowest BCUT2D eigenvalue weighted by molar-refractivity contribution is 0.200. The van der Waals surface area contributed by atoms with Crippen LogP contribution in [0.15, 0.2) is 28.7 Å². The molecule has 0 aliphatic carbocycles. The normalized spacial score (nSPS) is 10.7. The fourth-order valence-corrected chi connectivity index (χ4v) is 2.11. The SMILES string of the molecule is O=C(O)N(Cc1ccc(Br)cc1)c1c(F)c(F)c(F)c(F)c1F. The molecule has 0 saturated heterocycles. The van der Waals surface area contributed by atoms with Crippen molar-refractivity contribution in [1.29, 1.82) is 0 Å².